The highest BCUT2D eigenvalue weighted by molar-refractivity contribution is 7.90. The van der Waals surface area contributed by atoms with Crippen molar-refractivity contribution in [1.82, 2.24) is 24.5 Å². The number of ether oxygens (including phenoxy) is 2. The summed E-state index contributed by atoms with van der Waals surface area (Å²) < 4.78 is 42.2. The normalized spacial score (nSPS) is 19.6. The van der Waals surface area contributed by atoms with Crippen molar-refractivity contribution in [2.75, 3.05) is 63.9 Å². The average molecular weight is 894 g/mol. The molecule has 0 saturated carbocycles. The fourth-order valence-electron chi connectivity index (χ4n) is 9.49. The van der Waals surface area contributed by atoms with Gasteiger partial charge in [-0.1, -0.05) is 50.1 Å². The highest BCUT2D eigenvalue weighted by Crippen LogP contribution is 2.44. The number of benzene rings is 3. The highest BCUT2D eigenvalue weighted by atomic mass is 35.5. The molecule has 3 aromatic carbocycles. The van der Waals surface area contributed by atoms with Crippen LogP contribution in [0, 0.1) is 27.4 Å². The third-order valence-electron chi connectivity index (χ3n) is 12.9. The largest absolute Gasteiger partial charge is 0.493 e. The molecule has 0 unspecified atom stereocenters. The quantitative estimate of drug-likeness (QED) is 0.0915. The number of sulfonamides is 1. The number of hydrogen-bond acceptors (Lipinski definition) is 11. The first-order valence-corrected chi connectivity index (χ1v) is 23.5. The third kappa shape index (κ3) is 9.42. The standard InChI is InChI=1S/C47H52ClN7O7S/c1-30-25-53(26-30)27-31-18-40-42(55(57)58)21-38(22-43(40)61-29-31)63(59,60)51-46(56)39-9-8-36(20-44(39)62-37-19-33-11-13-49-45(33)50-24-37)54-16-14-52(15-17-54)28-34-10-12-47(2,3)23-41(34)32-4-6-35(48)7-5-32/h4-9,11,13,19-22,24,30-31H,10,12,14-18,23,25-29H2,1-3H3,(H,49,50)(H,51,56)/t31-/m0/s1. The molecule has 1 amide bonds. The zero-order valence-electron chi connectivity index (χ0n) is 35.7. The van der Waals surface area contributed by atoms with Crippen molar-refractivity contribution < 1.29 is 27.6 Å². The van der Waals surface area contributed by atoms with Crippen molar-refractivity contribution in [1.29, 1.82) is 0 Å². The maximum absolute atomic E-state index is 14.0. The number of nitro benzene ring substituents is 1. The number of allylic oxidation sites excluding steroid dienone is 1. The molecule has 9 rings (SSSR count). The molecule has 2 saturated heterocycles. The van der Waals surface area contributed by atoms with Crippen LogP contribution in [0.25, 0.3) is 16.6 Å². The van der Waals surface area contributed by atoms with E-state index in [1.165, 1.54) is 29.0 Å². The lowest BCUT2D eigenvalue weighted by molar-refractivity contribution is -0.386. The van der Waals surface area contributed by atoms with Crippen LogP contribution in [0.1, 0.15) is 61.5 Å². The number of likely N-dealkylation sites (tertiary alicyclic amines) is 1. The van der Waals surface area contributed by atoms with E-state index in [0.29, 0.717) is 35.9 Å². The number of anilines is 1. The molecule has 63 heavy (non-hydrogen) atoms. The van der Waals surface area contributed by atoms with Crippen LogP contribution in [0.4, 0.5) is 11.4 Å². The lowest BCUT2D eigenvalue weighted by Gasteiger charge is -2.40. The number of pyridine rings is 1. The lowest BCUT2D eigenvalue weighted by atomic mass is 9.72. The predicted octanol–water partition coefficient (Wildman–Crippen LogP) is 8.32. The van der Waals surface area contributed by atoms with E-state index >= 15 is 0 Å². The molecule has 2 fully saturated rings. The lowest BCUT2D eigenvalue weighted by Crippen LogP contribution is -2.48. The number of halogens is 1. The Morgan fingerprint density at radius 2 is 1.83 bits per heavy atom. The molecule has 5 heterocycles. The molecular formula is C47H52ClN7O7S. The zero-order valence-corrected chi connectivity index (χ0v) is 37.3. The first-order valence-electron chi connectivity index (χ1n) is 21.6. The minimum Gasteiger partial charge on any atom is -0.493 e. The number of nitrogens with zero attached hydrogens (tertiary/aromatic N) is 5. The van der Waals surface area contributed by atoms with Gasteiger partial charge in [0.05, 0.1) is 33.7 Å². The smallest absolute Gasteiger partial charge is 0.277 e. The summed E-state index contributed by atoms with van der Waals surface area (Å²) in [5.41, 5.74) is 5.77. The van der Waals surface area contributed by atoms with E-state index in [4.69, 9.17) is 21.1 Å². The van der Waals surface area contributed by atoms with E-state index in [-0.39, 0.29) is 34.1 Å². The molecule has 2 N–H and O–H groups in total. The predicted molar refractivity (Wildman–Crippen MR) is 243 cm³/mol. The van der Waals surface area contributed by atoms with Crippen LogP contribution < -0.4 is 19.1 Å². The van der Waals surface area contributed by atoms with Gasteiger partial charge in [-0.05, 0) is 84.6 Å². The number of carbonyl (C=O) groups is 1. The summed E-state index contributed by atoms with van der Waals surface area (Å²) in [6, 6.07) is 19.2. The van der Waals surface area contributed by atoms with Crippen molar-refractivity contribution in [2.24, 2.45) is 17.3 Å². The Morgan fingerprint density at radius 1 is 1.05 bits per heavy atom. The summed E-state index contributed by atoms with van der Waals surface area (Å²) in [6.45, 7) is 13.8. The number of amides is 1. The zero-order chi connectivity index (χ0) is 44.0. The Labute approximate surface area is 372 Å². The van der Waals surface area contributed by atoms with E-state index in [9.17, 15) is 23.3 Å². The van der Waals surface area contributed by atoms with E-state index in [1.807, 2.05) is 18.2 Å². The molecule has 330 valence electrons. The summed E-state index contributed by atoms with van der Waals surface area (Å²) in [5, 5.41) is 13.8. The Balaban J connectivity index is 0.940. The van der Waals surface area contributed by atoms with Crippen molar-refractivity contribution >= 4 is 55.5 Å². The number of aromatic amines is 1. The molecule has 1 aliphatic carbocycles. The molecular weight excluding hydrogens is 842 g/mol. The minimum absolute atomic E-state index is 0.0327. The van der Waals surface area contributed by atoms with Gasteiger partial charge in [0.2, 0.25) is 0 Å². The number of fused-ring (bicyclic) bond motifs is 2. The second-order valence-electron chi connectivity index (χ2n) is 18.4. The van der Waals surface area contributed by atoms with Gasteiger partial charge in [-0.3, -0.25) is 19.8 Å². The summed E-state index contributed by atoms with van der Waals surface area (Å²) in [7, 11) is -4.61. The molecule has 3 aliphatic heterocycles. The molecule has 0 spiro atoms. The summed E-state index contributed by atoms with van der Waals surface area (Å²) in [6.07, 6.45) is 6.87. The van der Waals surface area contributed by atoms with Crippen LogP contribution in [0.5, 0.6) is 17.2 Å². The van der Waals surface area contributed by atoms with Crippen molar-refractivity contribution in [2.45, 2.75) is 51.3 Å². The topological polar surface area (TPSA) is 163 Å². The van der Waals surface area contributed by atoms with Gasteiger partial charge >= 0.3 is 0 Å². The molecule has 0 bridgehead atoms. The van der Waals surface area contributed by atoms with Crippen LogP contribution >= 0.6 is 11.6 Å². The fraction of sp³-hybridized carbons (Fsp3) is 0.404. The maximum atomic E-state index is 14.0. The number of piperazine rings is 1. The van der Waals surface area contributed by atoms with E-state index in [1.54, 1.807) is 30.5 Å². The van der Waals surface area contributed by atoms with Gasteiger partial charge in [0.25, 0.3) is 21.6 Å². The van der Waals surface area contributed by atoms with Crippen LogP contribution in [-0.4, -0.2) is 98.0 Å². The van der Waals surface area contributed by atoms with E-state index in [2.05, 4.69) is 62.3 Å². The van der Waals surface area contributed by atoms with Crippen molar-refractivity contribution in [3.63, 3.8) is 0 Å². The SMILES string of the molecule is CC1CN(C[C@H]2COc3cc(S(=O)(=O)NC(=O)c4ccc(N5CCN(CC6=C(c7ccc(Cl)cc7)CC(C)(C)CC6)CC5)cc4Oc4cnc5[nH]ccc5c4)cc([N+](=O)[O-])c3C2)C1. The highest BCUT2D eigenvalue weighted by Gasteiger charge is 2.35. The molecule has 2 aromatic heterocycles. The van der Waals surface area contributed by atoms with Crippen molar-refractivity contribution in [3.05, 3.63) is 117 Å². The van der Waals surface area contributed by atoms with E-state index < -0.39 is 25.7 Å². The Hall–Kier alpha value is -5.48. The summed E-state index contributed by atoms with van der Waals surface area (Å²) >= 11 is 6.25. The molecule has 4 aliphatic rings. The number of nitrogens with one attached hydrogen (secondary N) is 2. The Morgan fingerprint density at radius 3 is 2.57 bits per heavy atom. The summed E-state index contributed by atoms with van der Waals surface area (Å²) in [4.78, 5) is 39.8. The van der Waals surface area contributed by atoms with Crippen LogP contribution in [0.2, 0.25) is 5.02 Å². The second-order valence-corrected chi connectivity index (χ2v) is 20.5. The number of aromatic nitrogens is 2. The number of H-pyrrole nitrogens is 1. The fourth-order valence-corrected chi connectivity index (χ4v) is 10.6. The van der Waals surface area contributed by atoms with Crippen molar-refractivity contribution in [3.8, 4) is 17.2 Å². The minimum atomic E-state index is -4.61. The molecule has 14 nitrogen and oxygen atoms in total. The number of carbonyl (C=O) groups excluding carboxylic acids is 1. The Kier molecular flexibility index (Phi) is 11.7. The van der Waals surface area contributed by atoms with Gasteiger partial charge in [0, 0.05) is 98.8 Å². The molecule has 1 atom stereocenters. The van der Waals surface area contributed by atoms with Gasteiger partial charge in [-0.15, -0.1) is 0 Å². The number of hydrogen-bond donors (Lipinski definition) is 2. The third-order valence-corrected chi connectivity index (χ3v) is 14.4. The van der Waals surface area contributed by atoms with E-state index in [0.717, 1.165) is 93.8 Å². The second kappa shape index (κ2) is 17.2. The van der Waals surface area contributed by atoms with Gasteiger partial charge in [0.15, 0.2) is 0 Å². The maximum Gasteiger partial charge on any atom is 0.277 e. The molecule has 0 radical (unpaired) electrons. The molecule has 5 aromatic rings. The number of nitro groups is 1. The monoisotopic (exact) mass is 893 g/mol. The van der Waals surface area contributed by atoms with Gasteiger partial charge in [-0.25, -0.2) is 18.1 Å². The van der Waals surface area contributed by atoms with Gasteiger partial charge in [-0.2, -0.15) is 0 Å². The first kappa shape index (κ1) is 42.8. The van der Waals surface area contributed by atoms with Crippen LogP contribution in [0.3, 0.4) is 0 Å². The average Bonchev–Trinajstić information content (AvgIpc) is 3.72. The molecule has 16 heteroatoms. The van der Waals surface area contributed by atoms with Gasteiger partial charge < -0.3 is 24.3 Å². The van der Waals surface area contributed by atoms with Gasteiger partial charge in [0.1, 0.15) is 22.9 Å². The first-order chi connectivity index (χ1) is 30.2. The van der Waals surface area contributed by atoms with Crippen LogP contribution in [-0.2, 0) is 16.4 Å². The van der Waals surface area contributed by atoms with Crippen LogP contribution in [0.15, 0.2) is 89.6 Å². The number of rotatable bonds is 12. The Bertz CT molecular complexity index is 2710. The summed E-state index contributed by atoms with van der Waals surface area (Å²) in [5.74, 6) is 0.307.